The second-order valence-corrected chi connectivity index (χ2v) is 10.6. The van der Waals surface area contributed by atoms with Gasteiger partial charge in [0, 0.05) is 70.0 Å². The quantitative estimate of drug-likeness (QED) is 0.113. The van der Waals surface area contributed by atoms with Gasteiger partial charge in [-0.3, -0.25) is 0 Å². The predicted octanol–water partition coefficient (Wildman–Crippen LogP) is 8.81. The smallest absolute Gasteiger partial charge is 0.0628 e. The highest BCUT2D eigenvalue weighted by Crippen LogP contribution is 2.42. The molecule has 0 aliphatic rings. The lowest BCUT2D eigenvalue weighted by Gasteiger charge is -2.22. The summed E-state index contributed by atoms with van der Waals surface area (Å²) in [4.78, 5) is 0. The third kappa shape index (κ3) is 2.59. The molecule has 0 saturated carbocycles. The van der Waals surface area contributed by atoms with E-state index in [2.05, 4.69) is 89.4 Å². The Bertz CT molecular complexity index is 2010. The van der Waals surface area contributed by atoms with Crippen molar-refractivity contribution in [3.63, 3.8) is 0 Å². The van der Waals surface area contributed by atoms with Crippen molar-refractivity contribution in [2.24, 2.45) is 21.1 Å². The van der Waals surface area contributed by atoms with E-state index in [0.29, 0.717) is 0 Å². The molecule has 0 aliphatic carbocycles. The molecule has 3 nitrogen and oxygen atoms in total. The number of benzene rings is 4. The second kappa shape index (κ2) is 7.53. The fourth-order valence-electron chi connectivity index (χ4n) is 6.00. The Morgan fingerprint density at radius 2 is 0.667 bits per heavy atom. The molecule has 0 amide bonds. The number of aryl methyl sites for hydroxylation is 3. The van der Waals surface area contributed by atoms with Gasteiger partial charge in [0.25, 0.3) is 0 Å². The number of fused-ring (bicyclic) bond motifs is 9. The Morgan fingerprint density at radius 3 is 0.944 bits per heavy atom. The zero-order chi connectivity index (χ0) is 24.9. The first kappa shape index (κ1) is 21.8. The number of hydrogen-bond acceptors (Lipinski definition) is 3. The van der Waals surface area contributed by atoms with Gasteiger partial charge in [-0.25, -0.2) is 0 Å². The monoisotopic (exact) mass is 519 g/mol. The van der Waals surface area contributed by atoms with Crippen molar-refractivity contribution < 1.29 is 0 Å². The van der Waals surface area contributed by atoms with E-state index in [1.54, 1.807) is 0 Å². The number of para-hydroxylation sites is 3. The van der Waals surface area contributed by atoms with Gasteiger partial charge in [0.2, 0.25) is 0 Å². The molecular weight excluding hydrogens is 499 g/mol. The first-order valence-electron chi connectivity index (χ1n) is 11.8. The molecule has 36 heavy (non-hydrogen) atoms. The molecule has 7 rings (SSSR count). The van der Waals surface area contributed by atoms with E-state index in [4.69, 9.17) is 36.7 Å². The molecular formula is C30H21N3S3. The van der Waals surface area contributed by atoms with Crippen LogP contribution >= 0.6 is 36.7 Å². The van der Waals surface area contributed by atoms with Crippen LogP contribution in [-0.4, -0.2) is 13.7 Å². The maximum absolute atomic E-state index is 6.24. The van der Waals surface area contributed by atoms with Crippen LogP contribution < -0.4 is 0 Å². The van der Waals surface area contributed by atoms with Gasteiger partial charge in [-0.1, -0.05) is 91.3 Å². The van der Waals surface area contributed by atoms with Crippen LogP contribution in [-0.2, 0) is 21.1 Å². The number of aromatic nitrogens is 3. The van der Waals surface area contributed by atoms with Gasteiger partial charge in [-0.05, 0) is 18.2 Å². The zero-order valence-electron chi connectivity index (χ0n) is 20.0. The number of hydrogen-bond donors (Lipinski definition) is 0. The van der Waals surface area contributed by atoms with Crippen LogP contribution in [0.5, 0.6) is 0 Å². The van der Waals surface area contributed by atoms with Crippen molar-refractivity contribution in [3.8, 4) is 0 Å². The standard InChI is InChI=1S/C30H21N3S3/c1-31-19-13-7-4-10-16(19)28(34)22-25(31)23-27(32(2)20-14-8-5-11-17(20)29(23)35)24-26(22)33(3)21-15-9-6-12-18(21)30(24)36/h4-15H,1-3H3. The fraction of sp³-hybridized carbons (Fsp3) is 0.100. The second-order valence-electron chi connectivity index (χ2n) is 9.39. The van der Waals surface area contributed by atoms with Crippen LogP contribution in [0.3, 0.4) is 0 Å². The van der Waals surface area contributed by atoms with E-state index in [9.17, 15) is 0 Å². The van der Waals surface area contributed by atoms with Crippen molar-refractivity contribution in [1.82, 2.24) is 13.7 Å². The van der Waals surface area contributed by atoms with E-state index in [0.717, 1.165) is 78.9 Å². The zero-order valence-corrected chi connectivity index (χ0v) is 22.4. The fourth-order valence-corrected chi connectivity index (χ4v) is 7.10. The lowest BCUT2D eigenvalue weighted by Crippen LogP contribution is -2.07. The van der Waals surface area contributed by atoms with Crippen molar-refractivity contribution >= 4 is 102 Å². The Kier molecular flexibility index (Phi) is 4.56. The summed E-state index contributed by atoms with van der Waals surface area (Å²) in [5, 5.41) is 6.23. The summed E-state index contributed by atoms with van der Waals surface area (Å²) in [5.41, 5.74) is 6.40. The van der Waals surface area contributed by atoms with E-state index < -0.39 is 0 Å². The maximum atomic E-state index is 6.24. The SMILES string of the molecule is Cn1c2ccccc2c(=S)c2c1c1c(=S)c3ccccc3n(C)c1c1c(=S)c3ccccc3n(C)c21. The molecule has 0 atom stereocenters. The predicted molar refractivity (Wildman–Crippen MR) is 161 cm³/mol. The average Bonchev–Trinajstić information content (AvgIpc) is 2.92. The summed E-state index contributed by atoms with van der Waals surface area (Å²) < 4.78 is 9.25. The molecule has 0 unspecified atom stereocenters. The number of rotatable bonds is 0. The van der Waals surface area contributed by atoms with E-state index >= 15 is 0 Å². The highest BCUT2D eigenvalue weighted by Gasteiger charge is 2.22. The van der Waals surface area contributed by atoms with E-state index in [1.807, 2.05) is 18.2 Å². The summed E-state index contributed by atoms with van der Waals surface area (Å²) in [7, 11) is 6.35. The summed E-state index contributed by atoms with van der Waals surface area (Å²) in [6, 6.07) is 25.0. The minimum atomic E-state index is 0.830. The summed E-state index contributed by atoms with van der Waals surface area (Å²) in [6.07, 6.45) is 0. The normalized spacial score (nSPS) is 12.1. The molecule has 0 fully saturated rings. The van der Waals surface area contributed by atoms with Crippen LogP contribution in [0.4, 0.5) is 0 Å². The third-order valence-corrected chi connectivity index (χ3v) is 8.91. The molecule has 4 aromatic carbocycles. The van der Waals surface area contributed by atoms with Crippen molar-refractivity contribution in [3.05, 3.63) is 86.3 Å². The molecule has 0 radical (unpaired) electrons. The van der Waals surface area contributed by atoms with Gasteiger partial charge in [0.1, 0.15) is 0 Å². The Labute approximate surface area is 222 Å². The van der Waals surface area contributed by atoms with Gasteiger partial charge in [-0.15, -0.1) is 0 Å². The summed E-state index contributed by atoms with van der Waals surface area (Å²) in [6.45, 7) is 0. The molecule has 6 heteroatoms. The largest absolute Gasteiger partial charge is 0.343 e. The van der Waals surface area contributed by atoms with E-state index in [1.165, 1.54) is 0 Å². The molecule has 0 bridgehead atoms. The average molecular weight is 520 g/mol. The minimum Gasteiger partial charge on any atom is -0.343 e. The molecule has 3 heterocycles. The van der Waals surface area contributed by atoms with E-state index in [-0.39, 0.29) is 0 Å². The number of pyridine rings is 3. The molecule has 3 aromatic heterocycles. The Morgan fingerprint density at radius 1 is 0.417 bits per heavy atom. The molecule has 0 saturated heterocycles. The minimum absolute atomic E-state index is 0.830. The van der Waals surface area contributed by atoms with Crippen molar-refractivity contribution in [2.75, 3.05) is 0 Å². The van der Waals surface area contributed by atoms with Gasteiger partial charge < -0.3 is 13.7 Å². The highest BCUT2D eigenvalue weighted by atomic mass is 32.1. The topological polar surface area (TPSA) is 14.8 Å². The summed E-state index contributed by atoms with van der Waals surface area (Å²) >= 11 is 18.7. The van der Waals surface area contributed by atoms with Gasteiger partial charge in [-0.2, -0.15) is 0 Å². The molecule has 7 aromatic rings. The van der Waals surface area contributed by atoms with Gasteiger partial charge in [0.05, 0.1) is 30.1 Å². The summed E-state index contributed by atoms with van der Waals surface area (Å²) in [5.74, 6) is 0. The van der Waals surface area contributed by atoms with Gasteiger partial charge >= 0.3 is 0 Å². The molecule has 174 valence electrons. The highest BCUT2D eigenvalue weighted by molar-refractivity contribution is 7.72. The number of nitrogens with zero attached hydrogens (tertiary/aromatic N) is 3. The molecule has 0 spiro atoms. The Balaban J connectivity index is 2.04. The van der Waals surface area contributed by atoms with Crippen LogP contribution in [0.1, 0.15) is 0 Å². The third-order valence-electron chi connectivity index (χ3n) is 7.64. The first-order chi connectivity index (χ1) is 17.4. The molecule has 0 aliphatic heterocycles. The van der Waals surface area contributed by atoms with Crippen LogP contribution in [0, 0.1) is 13.5 Å². The maximum Gasteiger partial charge on any atom is 0.0628 e. The van der Waals surface area contributed by atoms with Crippen molar-refractivity contribution in [2.45, 2.75) is 0 Å². The first-order valence-corrected chi connectivity index (χ1v) is 13.0. The van der Waals surface area contributed by atoms with Crippen LogP contribution in [0.2, 0.25) is 0 Å². The van der Waals surface area contributed by atoms with Crippen molar-refractivity contribution in [1.29, 1.82) is 0 Å². The lowest BCUT2D eigenvalue weighted by atomic mass is 9.98. The molecule has 0 N–H and O–H groups in total. The van der Waals surface area contributed by atoms with Crippen LogP contribution in [0.25, 0.3) is 65.4 Å². The lowest BCUT2D eigenvalue weighted by molar-refractivity contribution is 0.984. The van der Waals surface area contributed by atoms with Crippen LogP contribution in [0.15, 0.2) is 72.8 Å². The van der Waals surface area contributed by atoms with Gasteiger partial charge in [0.15, 0.2) is 0 Å². The Hall–Kier alpha value is -3.45.